The lowest BCUT2D eigenvalue weighted by Crippen LogP contribution is -2.35. The molecule has 1 unspecified atom stereocenters. The zero-order valence-corrected chi connectivity index (χ0v) is 12.6. The molecule has 0 saturated heterocycles. The van der Waals surface area contributed by atoms with E-state index in [1.54, 1.807) is 0 Å². The maximum atomic E-state index is 10.6. The van der Waals surface area contributed by atoms with Crippen molar-refractivity contribution in [1.29, 1.82) is 0 Å². The van der Waals surface area contributed by atoms with Gasteiger partial charge in [0, 0.05) is 5.41 Å². The Balaban J connectivity index is 2.12. The molecule has 1 heteroatoms. The first kappa shape index (κ1) is 14.8. The Hall–Kier alpha value is -1.60. The summed E-state index contributed by atoms with van der Waals surface area (Å²) in [6.45, 7) is 6.36. The quantitative estimate of drug-likeness (QED) is 0.864. The van der Waals surface area contributed by atoms with Crippen LogP contribution in [0.1, 0.15) is 37.5 Å². The third kappa shape index (κ3) is 3.29. The lowest BCUT2D eigenvalue weighted by atomic mass is 9.77. The van der Waals surface area contributed by atoms with E-state index in [2.05, 4.69) is 57.2 Å². The standard InChI is InChI=1S/C19H24O/c1-4-15-10-12-16(13-11-15)14-18(20)19(2,3)17-8-6-5-7-9-17/h5-13,18,20H,4,14H2,1-3H3. The Labute approximate surface area is 122 Å². The summed E-state index contributed by atoms with van der Waals surface area (Å²) < 4.78 is 0. The Morgan fingerprint density at radius 2 is 1.45 bits per heavy atom. The molecule has 2 aromatic carbocycles. The molecule has 1 nitrogen and oxygen atoms in total. The summed E-state index contributed by atoms with van der Waals surface area (Å²) >= 11 is 0. The van der Waals surface area contributed by atoms with E-state index in [9.17, 15) is 5.11 Å². The number of hydrogen-bond acceptors (Lipinski definition) is 1. The number of rotatable bonds is 5. The third-order valence-electron chi connectivity index (χ3n) is 4.21. The first-order valence-electron chi connectivity index (χ1n) is 7.35. The zero-order chi connectivity index (χ0) is 14.6. The van der Waals surface area contributed by atoms with Crippen molar-refractivity contribution < 1.29 is 5.11 Å². The normalized spacial score (nSPS) is 13.2. The number of aliphatic hydroxyl groups excluding tert-OH is 1. The molecule has 0 radical (unpaired) electrons. The molecule has 0 spiro atoms. The molecular weight excluding hydrogens is 244 g/mol. The molecule has 1 N–H and O–H groups in total. The fourth-order valence-electron chi connectivity index (χ4n) is 2.45. The first-order chi connectivity index (χ1) is 9.54. The van der Waals surface area contributed by atoms with Gasteiger partial charge in [-0.2, -0.15) is 0 Å². The molecule has 2 rings (SSSR count). The molecule has 0 saturated carbocycles. The maximum Gasteiger partial charge on any atom is 0.0671 e. The number of aliphatic hydroxyl groups is 1. The summed E-state index contributed by atoms with van der Waals surface area (Å²) in [5.41, 5.74) is 3.46. The van der Waals surface area contributed by atoms with Crippen LogP contribution in [0.15, 0.2) is 54.6 Å². The number of aryl methyl sites for hydroxylation is 1. The zero-order valence-electron chi connectivity index (χ0n) is 12.6. The van der Waals surface area contributed by atoms with Crippen molar-refractivity contribution in [3.63, 3.8) is 0 Å². The van der Waals surface area contributed by atoms with Gasteiger partial charge >= 0.3 is 0 Å². The fraction of sp³-hybridized carbons (Fsp3) is 0.368. The van der Waals surface area contributed by atoms with Crippen LogP contribution in [-0.2, 0) is 18.3 Å². The highest BCUT2D eigenvalue weighted by molar-refractivity contribution is 5.28. The summed E-state index contributed by atoms with van der Waals surface area (Å²) in [5, 5.41) is 10.6. The van der Waals surface area contributed by atoms with Gasteiger partial charge in [-0.1, -0.05) is 75.4 Å². The van der Waals surface area contributed by atoms with Crippen molar-refractivity contribution in [2.45, 2.75) is 45.1 Å². The lowest BCUT2D eigenvalue weighted by Gasteiger charge is -2.31. The monoisotopic (exact) mass is 268 g/mol. The van der Waals surface area contributed by atoms with Crippen molar-refractivity contribution in [1.82, 2.24) is 0 Å². The van der Waals surface area contributed by atoms with Crippen LogP contribution in [0, 0.1) is 0 Å². The molecule has 0 fully saturated rings. The van der Waals surface area contributed by atoms with E-state index >= 15 is 0 Å². The molecule has 0 aromatic heterocycles. The summed E-state index contributed by atoms with van der Waals surface area (Å²) in [6, 6.07) is 18.8. The lowest BCUT2D eigenvalue weighted by molar-refractivity contribution is 0.1000. The molecule has 1 atom stereocenters. The highest BCUT2D eigenvalue weighted by Gasteiger charge is 2.29. The minimum absolute atomic E-state index is 0.245. The molecule has 20 heavy (non-hydrogen) atoms. The van der Waals surface area contributed by atoms with Gasteiger partial charge in [0.25, 0.3) is 0 Å². The van der Waals surface area contributed by atoms with E-state index in [1.807, 2.05) is 18.2 Å². The molecule has 0 aliphatic heterocycles. The molecule has 0 heterocycles. The van der Waals surface area contributed by atoms with E-state index in [0.717, 1.165) is 6.42 Å². The Morgan fingerprint density at radius 1 is 0.900 bits per heavy atom. The SMILES string of the molecule is CCc1ccc(CC(O)C(C)(C)c2ccccc2)cc1. The second kappa shape index (κ2) is 6.23. The smallest absolute Gasteiger partial charge is 0.0671 e. The first-order valence-corrected chi connectivity index (χ1v) is 7.35. The van der Waals surface area contributed by atoms with Gasteiger partial charge in [0.2, 0.25) is 0 Å². The summed E-state index contributed by atoms with van der Waals surface area (Å²) in [5.74, 6) is 0. The van der Waals surface area contributed by atoms with Crippen molar-refractivity contribution >= 4 is 0 Å². The van der Waals surface area contributed by atoms with Crippen LogP contribution in [-0.4, -0.2) is 11.2 Å². The van der Waals surface area contributed by atoms with Crippen LogP contribution >= 0.6 is 0 Å². The van der Waals surface area contributed by atoms with Crippen molar-refractivity contribution in [3.8, 4) is 0 Å². The maximum absolute atomic E-state index is 10.6. The van der Waals surface area contributed by atoms with Gasteiger partial charge in [-0.05, 0) is 29.5 Å². The van der Waals surface area contributed by atoms with Gasteiger partial charge < -0.3 is 5.11 Å². The third-order valence-corrected chi connectivity index (χ3v) is 4.21. The van der Waals surface area contributed by atoms with E-state index in [-0.39, 0.29) is 5.41 Å². The van der Waals surface area contributed by atoms with Crippen LogP contribution in [0.25, 0.3) is 0 Å². The molecule has 106 valence electrons. The minimum atomic E-state index is -0.391. The molecule has 0 bridgehead atoms. The van der Waals surface area contributed by atoms with Crippen LogP contribution in [0.4, 0.5) is 0 Å². The molecule has 2 aromatic rings. The Morgan fingerprint density at radius 3 is 2.00 bits per heavy atom. The number of hydrogen-bond donors (Lipinski definition) is 1. The Bertz CT molecular complexity index is 525. The highest BCUT2D eigenvalue weighted by Crippen LogP contribution is 2.29. The van der Waals surface area contributed by atoms with Gasteiger partial charge in [-0.25, -0.2) is 0 Å². The molecule has 0 amide bonds. The van der Waals surface area contributed by atoms with Crippen LogP contribution < -0.4 is 0 Å². The minimum Gasteiger partial charge on any atom is -0.392 e. The second-order valence-electron chi connectivity index (χ2n) is 5.98. The Kier molecular flexibility index (Phi) is 4.61. The predicted molar refractivity (Wildman–Crippen MR) is 85.0 cm³/mol. The average molecular weight is 268 g/mol. The second-order valence-corrected chi connectivity index (χ2v) is 5.98. The van der Waals surface area contributed by atoms with Crippen molar-refractivity contribution in [2.24, 2.45) is 0 Å². The van der Waals surface area contributed by atoms with Gasteiger partial charge in [0.1, 0.15) is 0 Å². The predicted octanol–water partition coefficient (Wildman–Crippen LogP) is 4.13. The molecular formula is C19H24O. The van der Waals surface area contributed by atoms with E-state index < -0.39 is 6.10 Å². The molecule has 0 aliphatic carbocycles. The van der Waals surface area contributed by atoms with Gasteiger partial charge in [-0.3, -0.25) is 0 Å². The van der Waals surface area contributed by atoms with Crippen LogP contribution in [0.2, 0.25) is 0 Å². The van der Waals surface area contributed by atoms with Crippen molar-refractivity contribution in [2.75, 3.05) is 0 Å². The highest BCUT2D eigenvalue weighted by atomic mass is 16.3. The largest absolute Gasteiger partial charge is 0.392 e. The van der Waals surface area contributed by atoms with Gasteiger partial charge in [-0.15, -0.1) is 0 Å². The fourth-order valence-corrected chi connectivity index (χ4v) is 2.45. The summed E-state index contributed by atoms with van der Waals surface area (Å²) in [4.78, 5) is 0. The number of benzene rings is 2. The van der Waals surface area contributed by atoms with Gasteiger partial charge in [0.05, 0.1) is 6.10 Å². The summed E-state index contributed by atoms with van der Waals surface area (Å²) in [7, 11) is 0. The van der Waals surface area contributed by atoms with E-state index in [4.69, 9.17) is 0 Å². The van der Waals surface area contributed by atoms with Crippen LogP contribution in [0.3, 0.4) is 0 Å². The topological polar surface area (TPSA) is 20.2 Å². The summed E-state index contributed by atoms with van der Waals surface area (Å²) in [6.07, 6.45) is 1.35. The van der Waals surface area contributed by atoms with Gasteiger partial charge in [0.15, 0.2) is 0 Å². The van der Waals surface area contributed by atoms with E-state index in [0.29, 0.717) is 6.42 Å². The molecule has 0 aliphatic rings. The van der Waals surface area contributed by atoms with Crippen LogP contribution in [0.5, 0.6) is 0 Å². The van der Waals surface area contributed by atoms with E-state index in [1.165, 1.54) is 16.7 Å². The van der Waals surface area contributed by atoms with Crippen molar-refractivity contribution in [3.05, 3.63) is 71.3 Å². The average Bonchev–Trinajstić information content (AvgIpc) is 2.49.